The topological polar surface area (TPSA) is 110 Å². The molecule has 1 atom stereocenters. The first kappa shape index (κ1) is 18.5. The lowest BCUT2D eigenvalue weighted by molar-refractivity contribution is -0.122. The van der Waals surface area contributed by atoms with Gasteiger partial charge in [-0.15, -0.1) is 0 Å². The quantitative estimate of drug-likeness (QED) is 0.700. The van der Waals surface area contributed by atoms with Crippen molar-refractivity contribution in [1.82, 2.24) is 25.1 Å². The lowest BCUT2D eigenvalue weighted by Gasteiger charge is -2.14. The fourth-order valence-electron chi connectivity index (χ4n) is 3.08. The van der Waals surface area contributed by atoms with E-state index in [-0.39, 0.29) is 23.7 Å². The molecule has 1 amide bonds. The summed E-state index contributed by atoms with van der Waals surface area (Å²) in [6, 6.07) is 8.86. The predicted octanol–water partition coefficient (Wildman–Crippen LogP) is 1.02. The van der Waals surface area contributed by atoms with Gasteiger partial charge < -0.3 is 5.32 Å². The third kappa shape index (κ3) is 3.79. The second-order valence-electron chi connectivity index (χ2n) is 6.47. The molecule has 0 saturated heterocycles. The molecule has 140 valence electrons. The molecule has 0 aliphatic carbocycles. The number of aryl methyl sites for hydroxylation is 2. The highest BCUT2D eigenvalue weighted by Gasteiger charge is 2.20. The van der Waals surface area contributed by atoms with E-state index in [1.54, 1.807) is 38.1 Å². The molecule has 0 aliphatic heterocycles. The molecule has 0 unspecified atom stereocenters. The van der Waals surface area contributed by atoms with E-state index >= 15 is 0 Å². The molecule has 0 aliphatic rings. The van der Waals surface area contributed by atoms with Crippen molar-refractivity contribution in [2.45, 2.75) is 33.2 Å². The Kier molecular flexibility index (Phi) is 5.16. The van der Waals surface area contributed by atoms with Gasteiger partial charge in [0.15, 0.2) is 0 Å². The molecule has 0 radical (unpaired) electrons. The monoisotopic (exact) mass is 367 g/mol. The minimum atomic E-state index is -0.555. The van der Waals surface area contributed by atoms with Gasteiger partial charge in [0.2, 0.25) is 5.91 Å². The molecular weight excluding hydrogens is 346 g/mol. The maximum absolute atomic E-state index is 12.5. The maximum Gasteiger partial charge on any atom is 0.348 e. The Morgan fingerprint density at radius 2 is 1.93 bits per heavy atom. The summed E-state index contributed by atoms with van der Waals surface area (Å²) in [6.45, 7) is 5.94. The number of fused-ring (bicyclic) bond motifs is 1. The average Bonchev–Trinajstić information content (AvgIpc) is 2.63. The number of rotatable bonds is 5. The van der Waals surface area contributed by atoms with E-state index in [1.807, 2.05) is 13.0 Å². The number of aromatic nitrogens is 4. The van der Waals surface area contributed by atoms with Crippen LogP contribution in [0, 0.1) is 13.8 Å². The Balaban J connectivity index is 1.73. The van der Waals surface area contributed by atoms with Crippen LogP contribution in [0.25, 0.3) is 10.8 Å². The summed E-state index contributed by atoms with van der Waals surface area (Å²) in [5.41, 5.74) is 1.35. The molecule has 3 rings (SSSR count). The predicted molar refractivity (Wildman–Crippen MR) is 102 cm³/mol. The minimum absolute atomic E-state index is 0.231. The van der Waals surface area contributed by atoms with Crippen LogP contribution in [0.4, 0.5) is 0 Å². The van der Waals surface area contributed by atoms with Gasteiger partial charge in [0.1, 0.15) is 0 Å². The molecule has 0 spiro atoms. The van der Waals surface area contributed by atoms with Crippen molar-refractivity contribution in [2.75, 3.05) is 6.54 Å². The summed E-state index contributed by atoms with van der Waals surface area (Å²) in [4.78, 5) is 40.3. The van der Waals surface area contributed by atoms with Crippen LogP contribution in [0.15, 0.2) is 39.9 Å². The van der Waals surface area contributed by atoms with E-state index in [1.165, 1.54) is 4.57 Å². The van der Waals surface area contributed by atoms with E-state index < -0.39 is 5.92 Å². The second-order valence-corrected chi connectivity index (χ2v) is 6.47. The lowest BCUT2D eigenvalue weighted by Crippen LogP contribution is -2.35. The number of amides is 1. The van der Waals surface area contributed by atoms with E-state index in [2.05, 4.69) is 20.5 Å². The van der Waals surface area contributed by atoms with Crippen molar-refractivity contribution in [2.24, 2.45) is 0 Å². The van der Waals surface area contributed by atoms with Crippen molar-refractivity contribution >= 4 is 16.7 Å². The number of nitrogens with zero attached hydrogens (tertiary/aromatic N) is 3. The summed E-state index contributed by atoms with van der Waals surface area (Å²) < 4.78 is 1.52. The molecule has 0 bridgehead atoms. The number of hydrogen-bond donors (Lipinski definition) is 2. The first-order valence-electron chi connectivity index (χ1n) is 8.68. The van der Waals surface area contributed by atoms with Gasteiger partial charge in [-0.25, -0.2) is 9.89 Å². The summed E-state index contributed by atoms with van der Waals surface area (Å²) >= 11 is 0. The number of hydrogen-bond acceptors (Lipinski definition) is 5. The second kappa shape index (κ2) is 7.53. The molecule has 2 aromatic heterocycles. The number of benzene rings is 1. The molecule has 2 N–H and O–H groups in total. The van der Waals surface area contributed by atoms with Gasteiger partial charge in [0.05, 0.1) is 17.0 Å². The van der Waals surface area contributed by atoms with Gasteiger partial charge in [0, 0.05) is 29.9 Å². The summed E-state index contributed by atoms with van der Waals surface area (Å²) in [7, 11) is 0. The van der Waals surface area contributed by atoms with Crippen LogP contribution in [-0.4, -0.2) is 32.2 Å². The highest BCUT2D eigenvalue weighted by molar-refractivity contribution is 5.90. The summed E-state index contributed by atoms with van der Waals surface area (Å²) in [6.07, 6.45) is 0. The molecule has 0 fully saturated rings. The van der Waals surface area contributed by atoms with Gasteiger partial charge >= 0.3 is 5.69 Å². The van der Waals surface area contributed by atoms with Gasteiger partial charge in [-0.1, -0.05) is 18.2 Å². The van der Waals surface area contributed by atoms with Gasteiger partial charge in [-0.3, -0.25) is 14.2 Å². The van der Waals surface area contributed by atoms with Crippen molar-refractivity contribution in [1.29, 1.82) is 0 Å². The minimum Gasteiger partial charge on any atom is -0.354 e. The van der Waals surface area contributed by atoms with E-state index in [0.29, 0.717) is 28.7 Å². The van der Waals surface area contributed by atoms with Crippen LogP contribution in [0.5, 0.6) is 0 Å². The molecular formula is C19H21N5O3. The summed E-state index contributed by atoms with van der Waals surface area (Å²) in [5.74, 6) is -0.786. The number of H-pyrrole nitrogens is 1. The largest absolute Gasteiger partial charge is 0.354 e. The molecule has 8 nitrogen and oxygen atoms in total. The zero-order chi connectivity index (χ0) is 19.6. The highest BCUT2D eigenvalue weighted by atomic mass is 16.2. The van der Waals surface area contributed by atoms with Crippen LogP contribution in [0.2, 0.25) is 0 Å². The number of carbonyl (C=O) groups excluding carboxylic acids is 1. The van der Waals surface area contributed by atoms with Crippen molar-refractivity contribution in [3.05, 3.63) is 68.3 Å². The highest BCUT2D eigenvalue weighted by Crippen LogP contribution is 2.20. The SMILES string of the molecule is Cc1cc(C)n(CCNC(=O)[C@@H](C)c2n[nH]c(=O)c3ccccc23)c(=O)n1. The fourth-order valence-corrected chi connectivity index (χ4v) is 3.08. The van der Waals surface area contributed by atoms with Gasteiger partial charge in [-0.2, -0.15) is 10.1 Å². The first-order chi connectivity index (χ1) is 12.9. The Bertz CT molecular complexity index is 1120. The van der Waals surface area contributed by atoms with Gasteiger partial charge in [-0.05, 0) is 32.9 Å². The Morgan fingerprint density at radius 3 is 2.63 bits per heavy atom. The first-order valence-corrected chi connectivity index (χ1v) is 8.68. The van der Waals surface area contributed by atoms with Crippen LogP contribution >= 0.6 is 0 Å². The molecule has 1 aromatic carbocycles. The number of aromatic amines is 1. The molecule has 2 heterocycles. The van der Waals surface area contributed by atoms with E-state index in [0.717, 1.165) is 5.69 Å². The third-order valence-electron chi connectivity index (χ3n) is 4.51. The fraction of sp³-hybridized carbons (Fsp3) is 0.316. The van der Waals surface area contributed by atoms with Crippen molar-refractivity contribution in [3.8, 4) is 0 Å². The smallest absolute Gasteiger partial charge is 0.348 e. The van der Waals surface area contributed by atoms with Gasteiger partial charge in [0.25, 0.3) is 5.56 Å². The normalized spacial score (nSPS) is 12.1. The molecule has 0 saturated carbocycles. The average molecular weight is 367 g/mol. The van der Waals surface area contributed by atoms with Crippen LogP contribution in [-0.2, 0) is 11.3 Å². The Labute approximate surface area is 155 Å². The Hall–Kier alpha value is -3.29. The molecule has 8 heteroatoms. The number of carbonyl (C=O) groups is 1. The molecule has 27 heavy (non-hydrogen) atoms. The lowest BCUT2D eigenvalue weighted by atomic mass is 10.0. The molecule has 3 aromatic rings. The zero-order valence-corrected chi connectivity index (χ0v) is 15.4. The number of nitrogens with one attached hydrogen (secondary N) is 2. The van der Waals surface area contributed by atoms with Crippen LogP contribution in [0.3, 0.4) is 0 Å². The van der Waals surface area contributed by atoms with Crippen molar-refractivity contribution in [3.63, 3.8) is 0 Å². The standard InChI is InChI=1S/C19H21N5O3/c1-11-10-12(2)24(19(27)21-11)9-8-20-17(25)13(3)16-14-6-4-5-7-15(14)18(26)23-22-16/h4-7,10,13H,8-9H2,1-3H3,(H,20,25)(H,23,26)/t13-/m0/s1. The van der Waals surface area contributed by atoms with E-state index in [4.69, 9.17) is 0 Å². The Morgan fingerprint density at radius 1 is 1.22 bits per heavy atom. The van der Waals surface area contributed by atoms with E-state index in [9.17, 15) is 14.4 Å². The van der Waals surface area contributed by atoms with Crippen molar-refractivity contribution < 1.29 is 4.79 Å². The summed E-state index contributed by atoms with van der Waals surface area (Å²) in [5, 5.41) is 10.5. The third-order valence-corrected chi connectivity index (χ3v) is 4.51. The van der Waals surface area contributed by atoms with Crippen LogP contribution < -0.4 is 16.6 Å². The zero-order valence-electron chi connectivity index (χ0n) is 15.4. The maximum atomic E-state index is 12.5. The van der Waals surface area contributed by atoms with Crippen LogP contribution in [0.1, 0.15) is 29.9 Å².